The molecule has 2 aromatic rings. The fourth-order valence-electron chi connectivity index (χ4n) is 1.66. The lowest BCUT2D eigenvalue weighted by Gasteiger charge is -2.08. The molecule has 2 rings (SSSR count). The quantitative estimate of drug-likeness (QED) is 0.867. The molecule has 1 amide bonds. The van der Waals surface area contributed by atoms with Crippen molar-refractivity contribution in [1.82, 2.24) is 5.32 Å². The van der Waals surface area contributed by atoms with Crippen LogP contribution in [0.3, 0.4) is 0 Å². The van der Waals surface area contributed by atoms with Gasteiger partial charge in [-0.3, -0.25) is 4.79 Å². The van der Waals surface area contributed by atoms with Gasteiger partial charge in [-0.05, 0) is 42.8 Å². The van der Waals surface area contributed by atoms with Crippen LogP contribution in [0.25, 0.3) is 6.08 Å². The van der Waals surface area contributed by atoms with Crippen molar-refractivity contribution in [3.8, 4) is 0 Å². The maximum atomic E-state index is 13.0. The minimum Gasteiger partial charge on any atom is -0.467 e. The Hall–Kier alpha value is -2.07. The summed E-state index contributed by atoms with van der Waals surface area (Å²) in [5.74, 6) is -0.0781. The van der Waals surface area contributed by atoms with Gasteiger partial charge in [0.2, 0.25) is 5.91 Å². The maximum absolute atomic E-state index is 13.0. The summed E-state index contributed by atoms with van der Waals surface area (Å²) in [4.78, 5) is 11.7. The van der Waals surface area contributed by atoms with Crippen LogP contribution in [0.4, 0.5) is 4.39 Å². The monoisotopic (exact) mass is 293 g/mol. The molecule has 1 N–H and O–H groups in total. The van der Waals surface area contributed by atoms with E-state index in [-0.39, 0.29) is 17.0 Å². The zero-order valence-electron chi connectivity index (χ0n) is 10.8. The third-order valence-electron chi connectivity index (χ3n) is 2.70. The van der Waals surface area contributed by atoms with Crippen molar-refractivity contribution in [2.45, 2.75) is 13.0 Å². The number of hydrogen-bond acceptors (Lipinski definition) is 2. The second-order valence-corrected chi connectivity index (χ2v) is 4.66. The smallest absolute Gasteiger partial charge is 0.244 e. The Morgan fingerprint density at radius 2 is 2.25 bits per heavy atom. The van der Waals surface area contributed by atoms with Crippen molar-refractivity contribution >= 4 is 23.6 Å². The van der Waals surface area contributed by atoms with Gasteiger partial charge >= 0.3 is 0 Å². The zero-order valence-corrected chi connectivity index (χ0v) is 11.5. The largest absolute Gasteiger partial charge is 0.467 e. The van der Waals surface area contributed by atoms with Crippen molar-refractivity contribution in [3.63, 3.8) is 0 Å². The van der Waals surface area contributed by atoms with Gasteiger partial charge in [-0.25, -0.2) is 4.39 Å². The number of hydrogen-bond donors (Lipinski definition) is 1. The molecule has 1 aromatic carbocycles. The summed E-state index contributed by atoms with van der Waals surface area (Å²) in [7, 11) is 0. The highest BCUT2D eigenvalue weighted by atomic mass is 35.5. The molecule has 0 radical (unpaired) electrons. The normalized spacial score (nSPS) is 12.6. The SMILES string of the molecule is C[C@H](NC(=O)/C=C/c1ccc(F)c(Cl)c1)c1ccco1. The van der Waals surface area contributed by atoms with Gasteiger partial charge in [0.15, 0.2) is 0 Å². The number of furan rings is 1. The number of nitrogens with one attached hydrogen (secondary N) is 1. The minimum atomic E-state index is -0.486. The molecule has 0 unspecified atom stereocenters. The van der Waals surface area contributed by atoms with Gasteiger partial charge < -0.3 is 9.73 Å². The van der Waals surface area contributed by atoms with Crippen molar-refractivity contribution in [1.29, 1.82) is 0 Å². The molecule has 5 heteroatoms. The van der Waals surface area contributed by atoms with Gasteiger partial charge in [-0.2, -0.15) is 0 Å². The number of benzene rings is 1. The van der Waals surface area contributed by atoms with Crippen molar-refractivity contribution in [3.05, 3.63) is 64.8 Å². The van der Waals surface area contributed by atoms with E-state index in [0.29, 0.717) is 11.3 Å². The Morgan fingerprint density at radius 3 is 2.90 bits per heavy atom. The van der Waals surface area contributed by atoms with E-state index < -0.39 is 5.82 Å². The Kier molecular flexibility index (Phi) is 4.58. The molecule has 0 aliphatic carbocycles. The predicted octanol–water partition coefficient (Wildman–Crippen LogP) is 3.96. The summed E-state index contributed by atoms with van der Waals surface area (Å²) in [6.45, 7) is 1.82. The summed E-state index contributed by atoms with van der Waals surface area (Å²) in [6.07, 6.45) is 4.48. The van der Waals surface area contributed by atoms with Gasteiger partial charge in [0, 0.05) is 6.08 Å². The Labute approximate surface area is 121 Å². The highest BCUT2D eigenvalue weighted by Gasteiger charge is 2.09. The summed E-state index contributed by atoms with van der Waals surface area (Å²) < 4.78 is 18.2. The van der Waals surface area contributed by atoms with E-state index in [2.05, 4.69) is 5.32 Å². The second-order valence-electron chi connectivity index (χ2n) is 4.25. The zero-order chi connectivity index (χ0) is 14.5. The molecule has 1 atom stereocenters. The lowest BCUT2D eigenvalue weighted by Crippen LogP contribution is -2.24. The van der Waals surface area contributed by atoms with Gasteiger partial charge in [-0.15, -0.1) is 0 Å². The van der Waals surface area contributed by atoms with Crippen LogP contribution in [0.5, 0.6) is 0 Å². The first-order chi connectivity index (χ1) is 9.56. The Balaban J connectivity index is 1.97. The third-order valence-corrected chi connectivity index (χ3v) is 2.99. The van der Waals surface area contributed by atoms with Gasteiger partial charge in [-0.1, -0.05) is 17.7 Å². The number of carbonyl (C=O) groups is 1. The molecule has 0 saturated heterocycles. The molecule has 1 heterocycles. The molecule has 0 fully saturated rings. The van der Waals surface area contributed by atoms with E-state index in [1.165, 1.54) is 18.2 Å². The number of carbonyl (C=O) groups excluding carboxylic acids is 1. The predicted molar refractivity (Wildman–Crippen MR) is 75.7 cm³/mol. The summed E-state index contributed by atoms with van der Waals surface area (Å²) in [5.41, 5.74) is 0.650. The summed E-state index contributed by atoms with van der Waals surface area (Å²) in [5, 5.41) is 2.78. The molecule has 0 aliphatic heterocycles. The minimum absolute atomic E-state index is 0.0245. The van der Waals surface area contributed by atoms with E-state index in [1.54, 1.807) is 30.5 Å². The Bertz CT molecular complexity index is 623. The van der Waals surface area contributed by atoms with Crippen molar-refractivity contribution < 1.29 is 13.6 Å². The van der Waals surface area contributed by atoms with Gasteiger partial charge in [0.25, 0.3) is 0 Å². The molecule has 0 bridgehead atoms. The van der Waals surface area contributed by atoms with Gasteiger partial charge in [0.1, 0.15) is 11.6 Å². The molecule has 0 spiro atoms. The molecule has 0 aliphatic rings. The maximum Gasteiger partial charge on any atom is 0.244 e. The highest BCUT2D eigenvalue weighted by Crippen LogP contribution is 2.17. The van der Waals surface area contributed by atoms with Crippen LogP contribution in [-0.2, 0) is 4.79 Å². The first-order valence-corrected chi connectivity index (χ1v) is 6.41. The van der Waals surface area contributed by atoms with E-state index in [9.17, 15) is 9.18 Å². The first-order valence-electron chi connectivity index (χ1n) is 6.03. The fourth-order valence-corrected chi connectivity index (χ4v) is 1.85. The van der Waals surface area contributed by atoms with Gasteiger partial charge in [0.05, 0.1) is 17.3 Å². The number of rotatable bonds is 4. The standard InChI is InChI=1S/C15H13ClFNO2/c1-10(14-3-2-8-20-14)18-15(19)7-5-11-4-6-13(17)12(16)9-11/h2-10H,1H3,(H,18,19)/b7-5+/t10-/m0/s1. The van der Waals surface area contributed by atoms with E-state index in [1.807, 2.05) is 6.92 Å². The van der Waals surface area contributed by atoms with Crippen LogP contribution in [0.15, 0.2) is 47.1 Å². The molecule has 0 saturated carbocycles. The van der Waals surface area contributed by atoms with E-state index in [4.69, 9.17) is 16.0 Å². The van der Waals surface area contributed by atoms with E-state index >= 15 is 0 Å². The van der Waals surface area contributed by atoms with Crippen LogP contribution in [0, 0.1) is 5.82 Å². The lowest BCUT2D eigenvalue weighted by molar-refractivity contribution is -0.117. The molecule has 104 valence electrons. The molecule has 1 aromatic heterocycles. The molecule has 20 heavy (non-hydrogen) atoms. The number of halogens is 2. The highest BCUT2D eigenvalue weighted by molar-refractivity contribution is 6.30. The van der Waals surface area contributed by atoms with Crippen LogP contribution in [-0.4, -0.2) is 5.91 Å². The summed E-state index contributed by atoms with van der Waals surface area (Å²) in [6, 6.07) is 7.57. The van der Waals surface area contributed by atoms with Crippen molar-refractivity contribution in [2.75, 3.05) is 0 Å². The van der Waals surface area contributed by atoms with Crippen LogP contribution >= 0.6 is 11.6 Å². The van der Waals surface area contributed by atoms with Crippen molar-refractivity contribution in [2.24, 2.45) is 0 Å². The first kappa shape index (κ1) is 14.3. The van der Waals surface area contributed by atoms with E-state index in [0.717, 1.165) is 0 Å². The number of amides is 1. The van der Waals surface area contributed by atoms with Crippen LogP contribution in [0.2, 0.25) is 5.02 Å². The summed E-state index contributed by atoms with van der Waals surface area (Å²) >= 11 is 5.66. The van der Waals surface area contributed by atoms with Crippen LogP contribution in [0.1, 0.15) is 24.3 Å². The molecular weight excluding hydrogens is 281 g/mol. The average Bonchev–Trinajstić information content (AvgIpc) is 2.94. The lowest BCUT2D eigenvalue weighted by atomic mass is 10.2. The van der Waals surface area contributed by atoms with Crippen LogP contribution < -0.4 is 5.32 Å². The topological polar surface area (TPSA) is 42.2 Å². The Morgan fingerprint density at radius 1 is 1.45 bits per heavy atom. The second kappa shape index (κ2) is 6.39. The fraction of sp³-hybridized carbons (Fsp3) is 0.133. The average molecular weight is 294 g/mol. The molecular formula is C15H13ClFNO2. The third kappa shape index (κ3) is 3.71. The molecule has 3 nitrogen and oxygen atoms in total.